The standard InChI is InChI=1S/C18H25N5O6S/c1-22-11-19-21-18(22)30(25,26)13-5-7-23(8-6-13)17(24)20-12-9-14(27-2)16(29-4)15(10-12)28-3/h9-11,13H,5-8H2,1-4H3,(H,20,24). The number of carbonyl (C=O) groups is 1. The zero-order valence-corrected chi connectivity index (χ0v) is 18.1. The molecule has 1 aliphatic rings. The maximum atomic E-state index is 12.8. The Morgan fingerprint density at radius 2 is 1.70 bits per heavy atom. The fourth-order valence-corrected chi connectivity index (χ4v) is 5.14. The minimum atomic E-state index is -3.60. The first-order valence-corrected chi connectivity index (χ1v) is 10.8. The Bertz CT molecular complexity index is 989. The highest BCUT2D eigenvalue weighted by molar-refractivity contribution is 7.91. The van der Waals surface area contributed by atoms with Crippen LogP contribution in [0.5, 0.6) is 17.2 Å². The molecule has 0 atom stereocenters. The van der Waals surface area contributed by atoms with E-state index >= 15 is 0 Å². The van der Waals surface area contributed by atoms with Crippen LogP contribution in [-0.2, 0) is 16.9 Å². The molecule has 0 unspecified atom stereocenters. The van der Waals surface area contributed by atoms with Gasteiger partial charge in [0.05, 0.1) is 32.3 Å². The summed E-state index contributed by atoms with van der Waals surface area (Å²) in [6.45, 7) is 0.607. The maximum absolute atomic E-state index is 12.8. The number of aryl methyl sites for hydroxylation is 1. The summed E-state index contributed by atoms with van der Waals surface area (Å²) in [6.07, 6.45) is 1.99. The number of nitrogens with zero attached hydrogens (tertiary/aromatic N) is 4. The number of benzene rings is 1. The van der Waals surface area contributed by atoms with Crippen molar-refractivity contribution >= 4 is 21.6 Å². The number of sulfone groups is 1. The number of hydrogen-bond donors (Lipinski definition) is 1. The Morgan fingerprint density at radius 1 is 1.10 bits per heavy atom. The lowest BCUT2D eigenvalue weighted by atomic mass is 10.1. The number of rotatable bonds is 6. The fourth-order valence-electron chi connectivity index (χ4n) is 3.40. The predicted octanol–water partition coefficient (Wildman–Crippen LogP) is 1.31. The van der Waals surface area contributed by atoms with E-state index in [0.717, 1.165) is 0 Å². The van der Waals surface area contributed by atoms with Gasteiger partial charge in [-0.05, 0) is 12.8 Å². The number of ether oxygens (including phenoxy) is 3. The van der Waals surface area contributed by atoms with Crippen molar-refractivity contribution in [3.63, 3.8) is 0 Å². The van der Waals surface area contributed by atoms with Gasteiger partial charge in [-0.2, -0.15) is 0 Å². The highest BCUT2D eigenvalue weighted by Gasteiger charge is 2.35. The number of methoxy groups -OCH3 is 3. The van der Waals surface area contributed by atoms with Gasteiger partial charge in [0.25, 0.3) is 0 Å². The van der Waals surface area contributed by atoms with Crippen molar-refractivity contribution in [2.24, 2.45) is 7.05 Å². The zero-order valence-electron chi connectivity index (χ0n) is 17.3. The number of urea groups is 1. The summed E-state index contributed by atoms with van der Waals surface area (Å²) < 4.78 is 42.8. The second-order valence-electron chi connectivity index (χ2n) is 6.80. The maximum Gasteiger partial charge on any atom is 0.321 e. The first kappa shape index (κ1) is 21.7. The van der Waals surface area contributed by atoms with Crippen LogP contribution in [0.2, 0.25) is 0 Å². The Hall–Kier alpha value is -3.02. The molecule has 0 spiro atoms. The SMILES string of the molecule is COc1cc(NC(=O)N2CCC(S(=O)(=O)c3nncn3C)CC2)cc(OC)c1OC. The molecule has 3 rings (SSSR count). The second-order valence-corrected chi connectivity index (χ2v) is 8.92. The van der Waals surface area contributed by atoms with Crippen molar-refractivity contribution in [3.05, 3.63) is 18.5 Å². The third-order valence-corrected chi connectivity index (χ3v) is 7.24. The summed E-state index contributed by atoms with van der Waals surface area (Å²) in [5.41, 5.74) is 0.475. The number of hydrogen-bond acceptors (Lipinski definition) is 8. The van der Waals surface area contributed by atoms with Gasteiger partial charge in [0.15, 0.2) is 11.5 Å². The van der Waals surface area contributed by atoms with Crippen LogP contribution >= 0.6 is 0 Å². The van der Waals surface area contributed by atoms with E-state index in [1.54, 1.807) is 24.1 Å². The van der Waals surface area contributed by atoms with Gasteiger partial charge in [-0.15, -0.1) is 10.2 Å². The van der Waals surface area contributed by atoms with Gasteiger partial charge >= 0.3 is 6.03 Å². The van der Waals surface area contributed by atoms with Crippen LogP contribution < -0.4 is 19.5 Å². The van der Waals surface area contributed by atoms with E-state index in [4.69, 9.17) is 14.2 Å². The van der Waals surface area contributed by atoms with Crippen molar-refractivity contribution < 1.29 is 27.4 Å². The average molecular weight is 439 g/mol. The van der Waals surface area contributed by atoms with Crippen molar-refractivity contribution in [2.45, 2.75) is 23.2 Å². The molecule has 164 valence electrons. The van der Waals surface area contributed by atoms with Gasteiger partial charge in [-0.3, -0.25) is 0 Å². The molecule has 0 bridgehead atoms. The minimum Gasteiger partial charge on any atom is -0.493 e. The lowest BCUT2D eigenvalue weighted by molar-refractivity contribution is 0.200. The van der Waals surface area contributed by atoms with Gasteiger partial charge in [-0.25, -0.2) is 13.2 Å². The number of likely N-dealkylation sites (tertiary alicyclic amines) is 1. The molecule has 12 heteroatoms. The van der Waals surface area contributed by atoms with Crippen LogP contribution in [0, 0.1) is 0 Å². The highest BCUT2D eigenvalue weighted by atomic mass is 32.2. The van der Waals surface area contributed by atoms with Crippen LogP contribution in [0.3, 0.4) is 0 Å². The summed E-state index contributed by atoms with van der Waals surface area (Å²) in [4.78, 5) is 14.3. The largest absolute Gasteiger partial charge is 0.493 e. The summed E-state index contributed by atoms with van der Waals surface area (Å²) in [5, 5.41) is 9.50. The van der Waals surface area contributed by atoms with Crippen LogP contribution in [0.15, 0.2) is 23.6 Å². The molecular weight excluding hydrogens is 414 g/mol. The molecule has 1 fully saturated rings. The molecule has 0 radical (unpaired) electrons. The van der Waals surface area contributed by atoms with Crippen LogP contribution in [0.1, 0.15) is 12.8 Å². The highest BCUT2D eigenvalue weighted by Crippen LogP contribution is 2.40. The molecule has 1 aliphatic heterocycles. The molecule has 1 aromatic heterocycles. The van der Waals surface area contributed by atoms with Crippen molar-refractivity contribution in [1.82, 2.24) is 19.7 Å². The summed E-state index contributed by atoms with van der Waals surface area (Å²) in [5.74, 6) is 1.26. The van der Waals surface area contributed by atoms with Gasteiger partial charge < -0.3 is 29.0 Å². The Kier molecular flexibility index (Phi) is 6.34. The topological polar surface area (TPSA) is 125 Å². The molecule has 1 aromatic carbocycles. The first-order valence-electron chi connectivity index (χ1n) is 9.25. The second kappa shape index (κ2) is 8.78. The number of anilines is 1. The number of piperidine rings is 1. The van der Waals surface area contributed by atoms with E-state index in [9.17, 15) is 13.2 Å². The quantitative estimate of drug-likeness (QED) is 0.714. The predicted molar refractivity (Wildman–Crippen MR) is 108 cm³/mol. The third kappa shape index (κ3) is 4.13. The van der Waals surface area contributed by atoms with Crippen LogP contribution in [0.4, 0.5) is 10.5 Å². The molecule has 30 heavy (non-hydrogen) atoms. The summed E-state index contributed by atoms with van der Waals surface area (Å²) >= 11 is 0. The number of nitrogens with one attached hydrogen (secondary N) is 1. The number of aromatic nitrogens is 3. The molecular formula is C18H25N5O6S. The zero-order chi connectivity index (χ0) is 21.9. The molecule has 2 amide bonds. The van der Waals surface area contributed by atoms with E-state index in [1.165, 1.54) is 32.2 Å². The van der Waals surface area contributed by atoms with E-state index in [1.807, 2.05) is 0 Å². The lowest BCUT2D eigenvalue weighted by Crippen LogP contribution is -2.44. The monoisotopic (exact) mass is 439 g/mol. The minimum absolute atomic E-state index is 0.0529. The molecule has 2 heterocycles. The van der Waals surface area contributed by atoms with Gasteiger partial charge in [0, 0.05) is 32.3 Å². The molecule has 2 aromatic rings. The van der Waals surface area contributed by atoms with Gasteiger partial charge in [0.2, 0.25) is 20.7 Å². The Labute approximate surface area is 174 Å². The summed E-state index contributed by atoms with van der Waals surface area (Å²) in [6, 6.07) is 2.92. The van der Waals surface area contributed by atoms with E-state index in [2.05, 4.69) is 15.5 Å². The van der Waals surface area contributed by atoms with E-state index in [0.29, 0.717) is 48.9 Å². The Morgan fingerprint density at radius 3 is 2.17 bits per heavy atom. The van der Waals surface area contributed by atoms with E-state index in [-0.39, 0.29) is 11.2 Å². The van der Waals surface area contributed by atoms with Gasteiger partial charge in [0.1, 0.15) is 6.33 Å². The normalized spacial score (nSPS) is 15.0. The smallest absolute Gasteiger partial charge is 0.321 e. The van der Waals surface area contributed by atoms with Crippen molar-refractivity contribution in [1.29, 1.82) is 0 Å². The molecule has 11 nitrogen and oxygen atoms in total. The third-order valence-electron chi connectivity index (χ3n) is 5.01. The number of carbonyl (C=O) groups excluding carboxylic acids is 1. The molecule has 0 aliphatic carbocycles. The lowest BCUT2D eigenvalue weighted by Gasteiger charge is -2.31. The van der Waals surface area contributed by atoms with Crippen LogP contribution in [-0.4, -0.2) is 73.8 Å². The molecule has 1 saturated heterocycles. The van der Waals surface area contributed by atoms with E-state index < -0.39 is 15.1 Å². The molecule has 0 saturated carbocycles. The van der Waals surface area contributed by atoms with Gasteiger partial charge in [-0.1, -0.05) is 0 Å². The average Bonchev–Trinajstić information content (AvgIpc) is 3.19. The van der Waals surface area contributed by atoms with Crippen molar-refractivity contribution in [3.8, 4) is 17.2 Å². The Balaban J connectivity index is 1.67. The summed E-state index contributed by atoms with van der Waals surface area (Å²) in [7, 11) is 2.47. The fraction of sp³-hybridized carbons (Fsp3) is 0.500. The number of amides is 2. The molecule has 1 N–H and O–H groups in total. The van der Waals surface area contributed by atoms with Crippen molar-refractivity contribution in [2.75, 3.05) is 39.7 Å². The first-order chi connectivity index (χ1) is 14.3. The van der Waals surface area contributed by atoms with Crippen LogP contribution in [0.25, 0.3) is 0 Å².